The summed E-state index contributed by atoms with van der Waals surface area (Å²) in [6, 6.07) is 37.3. The quantitative estimate of drug-likeness (QED) is 0.223. The summed E-state index contributed by atoms with van der Waals surface area (Å²) in [6.45, 7) is 0. The first kappa shape index (κ1) is 38.0. The van der Waals surface area contributed by atoms with Crippen LogP contribution in [0.2, 0.25) is 0 Å². The molecule has 3 aromatic heterocycles. The molecular weight excluding hydrogens is 721 g/mol. The van der Waals surface area contributed by atoms with Crippen molar-refractivity contribution >= 4 is 177 Å². The summed E-state index contributed by atoms with van der Waals surface area (Å²) in [5, 5.41) is 4.14. The molecule has 0 amide bonds. The molecule has 0 aliphatic carbocycles. The molecule has 0 saturated carbocycles. The van der Waals surface area contributed by atoms with Gasteiger partial charge in [0, 0.05) is 43.9 Å². The molecule has 3 heterocycles. The predicted octanol–water partition coefficient (Wildman–Crippen LogP) is -0.526. The summed E-state index contributed by atoms with van der Waals surface area (Å²) in [7, 11) is 63.1. The Bertz CT molecular complexity index is 3310. The number of para-hydroxylation sites is 2. The maximum atomic E-state index is 6.48. The summed E-state index contributed by atoms with van der Waals surface area (Å²) in [6.07, 6.45) is 0. The van der Waals surface area contributed by atoms with Gasteiger partial charge in [-0.15, -0.1) is 32.8 Å². The highest BCUT2D eigenvalue weighted by Crippen LogP contribution is 2.38. The third kappa shape index (κ3) is 5.80. The number of hydrogen-bond acceptors (Lipinski definition) is 4. The van der Waals surface area contributed by atoms with Gasteiger partial charge in [0.2, 0.25) is 0 Å². The molecule has 7 aromatic carbocycles. The smallest absolute Gasteiger partial charge is 0.164 e. The Balaban J connectivity index is 1.12. The first-order valence-corrected chi connectivity index (χ1v) is 18.8. The Morgan fingerprint density at radius 1 is 0.350 bits per heavy atom. The second-order valence-electron chi connectivity index (χ2n) is 14.6. The van der Waals surface area contributed by atoms with Gasteiger partial charge >= 0.3 is 0 Å². The molecule has 0 aliphatic heterocycles. The average molecular weight is 739 g/mol. The number of fused-ring (bicyclic) bond motifs is 6. The van der Waals surface area contributed by atoms with Crippen molar-refractivity contribution < 1.29 is 4.42 Å². The van der Waals surface area contributed by atoms with Gasteiger partial charge in [0.15, 0.2) is 17.5 Å². The highest BCUT2D eigenvalue weighted by molar-refractivity contribution is 6.70. The van der Waals surface area contributed by atoms with Gasteiger partial charge in [0.1, 0.15) is 89.6 Å². The standard InChI is InChI=1S/C45H18B10N4O/c46-33-31(34(47)38(51)41(54)37(33)50)44-56-43(57-45(58-44)32-35(48)39(52)42(55)40(53)36(32)49)21-10-13-24-26-17-20(12-15-29(26)60-30(24)18-21)19-11-14-28-25(16-19)23-8-4-5-9-27(23)59(28)22-6-2-1-3-7-22/h1-18H. The van der Waals surface area contributed by atoms with E-state index >= 15 is 0 Å². The van der Waals surface area contributed by atoms with Gasteiger partial charge in [-0.1, -0.05) is 76.4 Å². The molecular formula is C45H18B10N4O. The first-order chi connectivity index (χ1) is 28.9. The van der Waals surface area contributed by atoms with E-state index in [0.29, 0.717) is 16.7 Å². The van der Waals surface area contributed by atoms with E-state index in [4.69, 9.17) is 92.8 Å². The van der Waals surface area contributed by atoms with Gasteiger partial charge in [-0.2, -0.15) is 0 Å². The lowest BCUT2D eigenvalue weighted by atomic mass is 9.60. The number of nitrogens with zero attached hydrogens (tertiary/aromatic N) is 4. The van der Waals surface area contributed by atoms with Gasteiger partial charge in [0.05, 0.1) is 11.0 Å². The number of benzene rings is 7. The summed E-state index contributed by atoms with van der Waals surface area (Å²) in [4.78, 5) is 14.3. The van der Waals surface area contributed by atoms with Gasteiger partial charge in [-0.25, -0.2) is 15.0 Å². The number of hydrogen-bond donors (Lipinski definition) is 0. The second kappa shape index (κ2) is 14.2. The molecule has 0 unspecified atom stereocenters. The molecule has 10 rings (SSSR count). The van der Waals surface area contributed by atoms with E-state index in [1.54, 1.807) is 0 Å². The van der Waals surface area contributed by atoms with Crippen molar-refractivity contribution in [3.63, 3.8) is 0 Å². The average Bonchev–Trinajstić information content (AvgIpc) is 3.81. The Labute approximate surface area is 359 Å². The third-order valence-corrected chi connectivity index (χ3v) is 11.2. The van der Waals surface area contributed by atoms with Crippen LogP contribution < -0.4 is 54.6 Å². The molecule has 5 nitrogen and oxygen atoms in total. The van der Waals surface area contributed by atoms with Gasteiger partial charge in [0.25, 0.3) is 0 Å². The minimum Gasteiger partial charge on any atom is -0.456 e. The molecule has 20 radical (unpaired) electrons. The molecule has 0 atom stereocenters. The molecule has 60 heavy (non-hydrogen) atoms. The second-order valence-corrected chi connectivity index (χ2v) is 14.6. The van der Waals surface area contributed by atoms with E-state index in [1.807, 2.05) is 30.3 Å². The highest BCUT2D eigenvalue weighted by atomic mass is 16.3. The molecule has 0 spiro atoms. The zero-order valence-corrected chi connectivity index (χ0v) is 31.9. The summed E-state index contributed by atoms with van der Waals surface area (Å²) in [5.74, 6) is 0.199. The van der Waals surface area contributed by atoms with E-state index in [-0.39, 0.29) is 83.2 Å². The van der Waals surface area contributed by atoms with Crippen molar-refractivity contribution in [3.8, 4) is 51.0 Å². The fourth-order valence-corrected chi connectivity index (χ4v) is 8.01. The molecule has 10 aromatic rings. The maximum absolute atomic E-state index is 6.48. The fraction of sp³-hybridized carbons (Fsp3) is 0. The van der Waals surface area contributed by atoms with Crippen LogP contribution >= 0.6 is 0 Å². The lowest BCUT2D eigenvalue weighted by Crippen LogP contribution is -2.55. The lowest BCUT2D eigenvalue weighted by molar-refractivity contribution is 0.669. The van der Waals surface area contributed by atoms with Crippen molar-refractivity contribution in [2.45, 2.75) is 0 Å². The lowest BCUT2D eigenvalue weighted by Gasteiger charge is -2.22. The van der Waals surface area contributed by atoms with Gasteiger partial charge in [-0.3, -0.25) is 0 Å². The minimum absolute atomic E-state index is 0.00868. The van der Waals surface area contributed by atoms with Crippen LogP contribution in [-0.4, -0.2) is 98.0 Å². The van der Waals surface area contributed by atoms with Crippen molar-refractivity contribution in [1.82, 2.24) is 19.5 Å². The summed E-state index contributed by atoms with van der Waals surface area (Å²) >= 11 is 0. The van der Waals surface area contributed by atoms with E-state index in [1.165, 1.54) is 5.39 Å². The maximum Gasteiger partial charge on any atom is 0.164 e. The van der Waals surface area contributed by atoms with Crippen LogP contribution in [0.3, 0.4) is 0 Å². The molecule has 0 saturated heterocycles. The molecule has 0 bridgehead atoms. The van der Waals surface area contributed by atoms with Crippen molar-refractivity contribution in [2.75, 3.05) is 0 Å². The molecule has 15 heteroatoms. The van der Waals surface area contributed by atoms with Gasteiger partial charge in [-0.05, 0) is 65.7 Å². The van der Waals surface area contributed by atoms with Crippen LogP contribution in [-0.2, 0) is 0 Å². The predicted molar refractivity (Wildman–Crippen MR) is 257 cm³/mol. The molecule has 0 aliphatic rings. The monoisotopic (exact) mass is 740 g/mol. The highest BCUT2D eigenvalue weighted by Gasteiger charge is 2.22. The zero-order valence-electron chi connectivity index (χ0n) is 31.9. The van der Waals surface area contributed by atoms with Crippen LogP contribution in [0.1, 0.15) is 0 Å². The number of aromatic nitrogens is 4. The minimum atomic E-state index is 0.00868. The van der Waals surface area contributed by atoms with Crippen molar-refractivity contribution in [1.29, 1.82) is 0 Å². The normalized spacial score (nSPS) is 11.7. The van der Waals surface area contributed by atoms with Crippen LogP contribution in [0.15, 0.2) is 114 Å². The SMILES string of the molecule is [B]c1c([B])c([B])c(-c2nc(-c3ccc4c(c3)oc3ccc(-c5ccc6c(c5)c5ccccc5n6-c5ccccc5)cc34)nc(-c3c([B])c([B])c([B])c([B])c3[B])n2)c([B])c1[B]. The molecule has 254 valence electrons. The molecule has 0 fully saturated rings. The van der Waals surface area contributed by atoms with Crippen LogP contribution in [0.25, 0.3) is 94.7 Å². The Morgan fingerprint density at radius 2 is 0.833 bits per heavy atom. The topological polar surface area (TPSA) is 56.7 Å². The van der Waals surface area contributed by atoms with E-state index < -0.39 is 0 Å². The number of rotatable bonds is 5. The first-order valence-electron chi connectivity index (χ1n) is 18.8. The van der Waals surface area contributed by atoms with Crippen LogP contribution in [0, 0.1) is 0 Å². The summed E-state index contributed by atoms with van der Waals surface area (Å²) < 4.78 is 8.73. The largest absolute Gasteiger partial charge is 0.456 e. The summed E-state index contributed by atoms with van der Waals surface area (Å²) in [5.41, 5.74) is 7.79. The number of furan rings is 1. The van der Waals surface area contributed by atoms with Crippen LogP contribution in [0.5, 0.6) is 0 Å². The van der Waals surface area contributed by atoms with E-state index in [2.05, 4.69) is 88.4 Å². The Morgan fingerprint density at radius 3 is 1.45 bits per heavy atom. The molecule has 0 N–H and O–H groups in total. The van der Waals surface area contributed by atoms with Crippen LogP contribution in [0.4, 0.5) is 0 Å². The van der Waals surface area contributed by atoms with Crippen molar-refractivity contribution in [2.24, 2.45) is 0 Å². The van der Waals surface area contributed by atoms with E-state index in [0.717, 1.165) is 44.0 Å². The van der Waals surface area contributed by atoms with Crippen molar-refractivity contribution in [3.05, 3.63) is 109 Å². The Kier molecular flexibility index (Phi) is 9.02. The zero-order chi connectivity index (χ0) is 41.7. The van der Waals surface area contributed by atoms with Gasteiger partial charge < -0.3 is 8.98 Å². The fourth-order valence-electron chi connectivity index (χ4n) is 8.01. The van der Waals surface area contributed by atoms with E-state index in [9.17, 15) is 0 Å². The Hall–Kier alpha value is -6.20. The third-order valence-electron chi connectivity index (χ3n) is 11.2.